The standard InChI is InChI=1S/C16H15F3N2O2/c1-10(12-4-2-3-5-13(12)15(20)22)9-23-14-7-6-11(8-21-14)16(17,18)19/h2-8,10H,9H2,1H3,(H2,20,22)/t10-/m1/s1. The van der Waals surface area contributed by atoms with Crippen molar-refractivity contribution >= 4 is 5.91 Å². The Bertz CT molecular complexity index is 684. The van der Waals surface area contributed by atoms with E-state index < -0.39 is 17.6 Å². The topological polar surface area (TPSA) is 65.2 Å². The molecular formula is C16H15F3N2O2. The maximum absolute atomic E-state index is 12.5. The fourth-order valence-electron chi connectivity index (χ4n) is 2.08. The van der Waals surface area contributed by atoms with Crippen LogP contribution in [0, 0.1) is 0 Å². The molecule has 1 aromatic carbocycles. The molecule has 122 valence electrons. The first-order chi connectivity index (χ1) is 10.8. The molecule has 2 aromatic rings. The lowest BCUT2D eigenvalue weighted by molar-refractivity contribution is -0.137. The van der Waals surface area contributed by atoms with E-state index in [4.69, 9.17) is 10.5 Å². The summed E-state index contributed by atoms with van der Waals surface area (Å²) in [7, 11) is 0. The van der Waals surface area contributed by atoms with Gasteiger partial charge in [0.15, 0.2) is 0 Å². The van der Waals surface area contributed by atoms with E-state index in [1.165, 1.54) is 0 Å². The van der Waals surface area contributed by atoms with Crippen LogP contribution in [0.2, 0.25) is 0 Å². The molecule has 0 radical (unpaired) electrons. The maximum atomic E-state index is 12.5. The zero-order chi connectivity index (χ0) is 17.0. The summed E-state index contributed by atoms with van der Waals surface area (Å²) in [5.74, 6) is -0.635. The van der Waals surface area contributed by atoms with E-state index in [-0.39, 0.29) is 18.4 Å². The highest BCUT2D eigenvalue weighted by molar-refractivity contribution is 5.94. The number of primary amides is 1. The first kappa shape index (κ1) is 16.8. The fraction of sp³-hybridized carbons (Fsp3) is 0.250. The van der Waals surface area contributed by atoms with Crippen molar-refractivity contribution in [2.45, 2.75) is 19.0 Å². The molecule has 23 heavy (non-hydrogen) atoms. The minimum Gasteiger partial charge on any atom is -0.477 e. The van der Waals surface area contributed by atoms with Crippen molar-refractivity contribution in [2.75, 3.05) is 6.61 Å². The second-order valence-corrected chi connectivity index (χ2v) is 5.05. The van der Waals surface area contributed by atoms with Crippen LogP contribution in [0.1, 0.15) is 34.3 Å². The Labute approximate surface area is 131 Å². The normalized spacial score (nSPS) is 12.7. The predicted octanol–water partition coefficient (Wildman–Crippen LogP) is 3.38. The van der Waals surface area contributed by atoms with Crippen LogP contribution in [-0.2, 0) is 6.18 Å². The van der Waals surface area contributed by atoms with E-state index in [9.17, 15) is 18.0 Å². The zero-order valence-corrected chi connectivity index (χ0v) is 12.3. The molecule has 1 heterocycles. The van der Waals surface area contributed by atoms with Crippen LogP contribution in [0.4, 0.5) is 13.2 Å². The number of halogens is 3. The van der Waals surface area contributed by atoms with Crippen LogP contribution in [0.25, 0.3) is 0 Å². The summed E-state index contributed by atoms with van der Waals surface area (Å²) in [6, 6.07) is 8.92. The number of aromatic nitrogens is 1. The molecule has 4 nitrogen and oxygen atoms in total. The van der Waals surface area contributed by atoms with E-state index >= 15 is 0 Å². The quantitative estimate of drug-likeness (QED) is 0.917. The maximum Gasteiger partial charge on any atom is 0.417 e. The zero-order valence-electron chi connectivity index (χ0n) is 12.3. The van der Waals surface area contributed by atoms with Crippen molar-refractivity contribution in [1.82, 2.24) is 4.98 Å². The Morgan fingerprint density at radius 2 is 1.96 bits per heavy atom. The second-order valence-electron chi connectivity index (χ2n) is 5.05. The average Bonchev–Trinajstić information content (AvgIpc) is 2.52. The highest BCUT2D eigenvalue weighted by Crippen LogP contribution is 2.29. The summed E-state index contributed by atoms with van der Waals surface area (Å²) in [4.78, 5) is 15.0. The van der Waals surface area contributed by atoms with Gasteiger partial charge in [-0.2, -0.15) is 13.2 Å². The molecule has 0 aliphatic rings. The van der Waals surface area contributed by atoms with Crippen LogP contribution in [-0.4, -0.2) is 17.5 Å². The van der Waals surface area contributed by atoms with Crippen LogP contribution < -0.4 is 10.5 Å². The molecule has 0 fully saturated rings. The molecule has 0 spiro atoms. The minimum atomic E-state index is -4.43. The molecule has 7 heteroatoms. The lowest BCUT2D eigenvalue weighted by Gasteiger charge is -2.15. The van der Waals surface area contributed by atoms with Gasteiger partial charge in [-0.05, 0) is 17.7 Å². The first-order valence-corrected chi connectivity index (χ1v) is 6.84. The van der Waals surface area contributed by atoms with Gasteiger partial charge in [0, 0.05) is 23.7 Å². The number of ether oxygens (including phenoxy) is 1. The Morgan fingerprint density at radius 1 is 1.26 bits per heavy atom. The number of nitrogens with two attached hydrogens (primary N) is 1. The van der Waals surface area contributed by atoms with Crippen molar-refractivity contribution in [2.24, 2.45) is 5.73 Å². The molecule has 0 saturated carbocycles. The number of hydrogen-bond acceptors (Lipinski definition) is 3. The molecule has 1 aromatic heterocycles. The molecule has 2 rings (SSSR count). The van der Waals surface area contributed by atoms with Crippen molar-refractivity contribution in [3.63, 3.8) is 0 Å². The lowest BCUT2D eigenvalue weighted by Crippen LogP contribution is -2.17. The number of alkyl halides is 3. The highest BCUT2D eigenvalue weighted by Gasteiger charge is 2.30. The van der Waals surface area contributed by atoms with Crippen molar-refractivity contribution in [1.29, 1.82) is 0 Å². The number of pyridine rings is 1. The van der Waals surface area contributed by atoms with Crippen LogP contribution in [0.15, 0.2) is 42.6 Å². The summed E-state index contributed by atoms with van der Waals surface area (Å²) in [5.41, 5.74) is 5.59. The van der Waals surface area contributed by atoms with E-state index in [0.717, 1.165) is 18.3 Å². The molecular weight excluding hydrogens is 309 g/mol. The Morgan fingerprint density at radius 3 is 2.52 bits per heavy atom. The van der Waals surface area contributed by atoms with Crippen LogP contribution >= 0.6 is 0 Å². The molecule has 0 unspecified atom stereocenters. The van der Waals surface area contributed by atoms with E-state index in [1.807, 2.05) is 6.92 Å². The Kier molecular flexibility index (Phi) is 4.88. The number of rotatable bonds is 5. The lowest BCUT2D eigenvalue weighted by atomic mass is 9.96. The summed E-state index contributed by atoms with van der Waals surface area (Å²) in [6.07, 6.45) is -3.71. The van der Waals surface area contributed by atoms with E-state index in [0.29, 0.717) is 11.1 Å². The Hall–Kier alpha value is -2.57. The second kappa shape index (κ2) is 6.68. The number of carbonyl (C=O) groups excluding carboxylic acids is 1. The number of nitrogens with zero attached hydrogens (tertiary/aromatic N) is 1. The smallest absolute Gasteiger partial charge is 0.417 e. The van der Waals surface area contributed by atoms with Gasteiger partial charge in [0.1, 0.15) is 0 Å². The number of amides is 1. The highest BCUT2D eigenvalue weighted by atomic mass is 19.4. The SMILES string of the molecule is C[C@H](COc1ccc(C(F)(F)F)cn1)c1ccccc1C(N)=O. The Balaban J connectivity index is 2.05. The van der Waals surface area contributed by atoms with Gasteiger partial charge in [0.05, 0.1) is 12.2 Å². The summed E-state index contributed by atoms with van der Waals surface area (Å²) >= 11 is 0. The van der Waals surface area contributed by atoms with Gasteiger partial charge in [-0.3, -0.25) is 4.79 Å². The van der Waals surface area contributed by atoms with Gasteiger partial charge >= 0.3 is 6.18 Å². The molecule has 0 aliphatic heterocycles. The molecule has 0 aliphatic carbocycles. The first-order valence-electron chi connectivity index (χ1n) is 6.84. The predicted molar refractivity (Wildman–Crippen MR) is 78.1 cm³/mol. The number of carbonyl (C=O) groups is 1. The number of hydrogen-bond donors (Lipinski definition) is 1. The molecule has 0 saturated heterocycles. The molecule has 2 N–H and O–H groups in total. The van der Waals surface area contributed by atoms with E-state index in [1.54, 1.807) is 24.3 Å². The van der Waals surface area contributed by atoms with Gasteiger partial charge in [-0.15, -0.1) is 0 Å². The molecule has 1 amide bonds. The number of benzene rings is 1. The van der Waals surface area contributed by atoms with Gasteiger partial charge < -0.3 is 10.5 Å². The minimum absolute atomic E-state index is 0.0846. The molecule has 1 atom stereocenters. The largest absolute Gasteiger partial charge is 0.477 e. The third-order valence-electron chi connectivity index (χ3n) is 3.30. The molecule has 0 bridgehead atoms. The van der Waals surface area contributed by atoms with Gasteiger partial charge in [-0.25, -0.2) is 4.98 Å². The summed E-state index contributed by atoms with van der Waals surface area (Å²) < 4.78 is 42.7. The van der Waals surface area contributed by atoms with Gasteiger partial charge in [0.2, 0.25) is 11.8 Å². The van der Waals surface area contributed by atoms with Gasteiger partial charge in [0.25, 0.3) is 0 Å². The summed E-state index contributed by atoms with van der Waals surface area (Å²) in [6.45, 7) is 1.98. The van der Waals surface area contributed by atoms with Crippen molar-refractivity contribution < 1.29 is 22.7 Å². The van der Waals surface area contributed by atoms with Crippen LogP contribution in [0.5, 0.6) is 5.88 Å². The third-order valence-corrected chi connectivity index (χ3v) is 3.30. The van der Waals surface area contributed by atoms with Crippen molar-refractivity contribution in [3.8, 4) is 5.88 Å². The average molecular weight is 324 g/mol. The third kappa shape index (κ3) is 4.21. The van der Waals surface area contributed by atoms with Gasteiger partial charge in [-0.1, -0.05) is 25.1 Å². The fourth-order valence-corrected chi connectivity index (χ4v) is 2.08. The van der Waals surface area contributed by atoms with Crippen LogP contribution in [0.3, 0.4) is 0 Å². The van der Waals surface area contributed by atoms with E-state index in [2.05, 4.69) is 4.98 Å². The summed E-state index contributed by atoms with van der Waals surface area (Å²) in [5, 5.41) is 0. The monoisotopic (exact) mass is 324 g/mol. The van der Waals surface area contributed by atoms with Crippen molar-refractivity contribution in [3.05, 3.63) is 59.3 Å².